The summed E-state index contributed by atoms with van der Waals surface area (Å²) in [6.45, 7) is 2.71. The van der Waals surface area contributed by atoms with Gasteiger partial charge in [-0.05, 0) is 12.5 Å². The number of hydrogen-bond donors (Lipinski definition) is 0. The third-order valence-electron chi connectivity index (χ3n) is 2.02. The Bertz CT molecular complexity index is 395. The van der Waals surface area contributed by atoms with Crippen LogP contribution in [-0.4, -0.2) is 29.4 Å². The lowest BCUT2D eigenvalue weighted by Crippen LogP contribution is -2.27. The largest absolute Gasteiger partial charge is 0.342 e. The van der Waals surface area contributed by atoms with E-state index in [4.69, 9.17) is 5.26 Å². The molecule has 0 aromatic carbocycles. The third-order valence-corrected chi connectivity index (χ3v) is 2.02. The van der Waals surface area contributed by atoms with Crippen molar-refractivity contribution in [3.8, 4) is 6.07 Å². The molecule has 78 valence electrons. The van der Waals surface area contributed by atoms with Crippen molar-refractivity contribution in [1.29, 1.82) is 5.26 Å². The Morgan fingerprint density at radius 2 is 2.33 bits per heavy atom. The number of rotatable bonds is 3. The highest BCUT2D eigenvalue weighted by atomic mass is 16.2. The second-order valence-electron chi connectivity index (χ2n) is 3.30. The van der Waals surface area contributed by atoms with E-state index >= 15 is 0 Å². The number of pyridine rings is 1. The molecule has 1 aromatic rings. The van der Waals surface area contributed by atoms with Crippen molar-refractivity contribution in [2.45, 2.75) is 13.3 Å². The molecule has 0 bridgehead atoms. The van der Waals surface area contributed by atoms with Crippen molar-refractivity contribution in [1.82, 2.24) is 9.88 Å². The third kappa shape index (κ3) is 2.78. The van der Waals surface area contributed by atoms with E-state index in [9.17, 15) is 4.79 Å². The predicted octanol–water partition coefficient (Wildman–Crippen LogP) is 1.44. The van der Waals surface area contributed by atoms with E-state index in [0.29, 0.717) is 17.7 Å². The molecule has 1 heterocycles. The molecule has 1 rings (SSSR count). The summed E-state index contributed by atoms with van der Waals surface area (Å²) in [5.74, 6) is -0.0959. The molecular formula is C11H13N3O. The summed E-state index contributed by atoms with van der Waals surface area (Å²) in [7, 11) is 1.74. The van der Waals surface area contributed by atoms with Gasteiger partial charge in [-0.2, -0.15) is 5.26 Å². The summed E-state index contributed by atoms with van der Waals surface area (Å²) in [6.07, 6.45) is 3.83. The Labute approximate surface area is 89.2 Å². The van der Waals surface area contributed by atoms with Crippen LogP contribution < -0.4 is 0 Å². The van der Waals surface area contributed by atoms with Crippen LogP contribution in [-0.2, 0) is 0 Å². The van der Waals surface area contributed by atoms with Gasteiger partial charge in [-0.25, -0.2) is 0 Å². The van der Waals surface area contributed by atoms with Gasteiger partial charge in [-0.15, -0.1) is 0 Å². The second kappa shape index (κ2) is 5.11. The molecule has 4 nitrogen and oxygen atoms in total. The normalized spacial score (nSPS) is 9.40. The van der Waals surface area contributed by atoms with Gasteiger partial charge in [0.1, 0.15) is 6.07 Å². The highest BCUT2D eigenvalue weighted by molar-refractivity contribution is 5.94. The van der Waals surface area contributed by atoms with Crippen LogP contribution in [0.15, 0.2) is 18.5 Å². The highest BCUT2D eigenvalue weighted by Gasteiger charge is 2.11. The van der Waals surface area contributed by atoms with Crippen molar-refractivity contribution in [2.24, 2.45) is 0 Å². The van der Waals surface area contributed by atoms with Gasteiger partial charge < -0.3 is 4.90 Å². The smallest absolute Gasteiger partial charge is 0.255 e. The Balaban J connectivity index is 2.87. The lowest BCUT2D eigenvalue weighted by Gasteiger charge is -2.15. The monoisotopic (exact) mass is 203 g/mol. The van der Waals surface area contributed by atoms with Crippen LogP contribution in [0, 0.1) is 11.3 Å². The van der Waals surface area contributed by atoms with Crippen molar-refractivity contribution in [3.05, 3.63) is 29.6 Å². The van der Waals surface area contributed by atoms with E-state index in [-0.39, 0.29) is 5.91 Å². The van der Waals surface area contributed by atoms with Crippen LogP contribution >= 0.6 is 0 Å². The molecule has 0 saturated heterocycles. The highest BCUT2D eigenvalue weighted by Crippen LogP contribution is 2.05. The van der Waals surface area contributed by atoms with Crippen LogP contribution in [0.5, 0.6) is 0 Å². The molecule has 0 aliphatic rings. The Hall–Kier alpha value is -1.89. The Morgan fingerprint density at radius 3 is 2.93 bits per heavy atom. The molecule has 0 saturated carbocycles. The van der Waals surface area contributed by atoms with E-state index in [1.54, 1.807) is 18.0 Å². The van der Waals surface area contributed by atoms with Crippen molar-refractivity contribution in [3.63, 3.8) is 0 Å². The van der Waals surface area contributed by atoms with Crippen LogP contribution in [0.3, 0.4) is 0 Å². The molecule has 0 radical (unpaired) electrons. The summed E-state index contributed by atoms with van der Waals surface area (Å²) >= 11 is 0. The average Bonchev–Trinajstić information content (AvgIpc) is 2.28. The molecule has 0 spiro atoms. The maximum absolute atomic E-state index is 11.8. The lowest BCUT2D eigenvalue weighted by molar-refractivity contribution is 0.0794. The number of aromatic nitrogens is 1. The fourth-order valence-corrected chi connectivity index (χ4v) is 1.28. The lowest BCUT2D eigenvalue weighted by atomic mass is 10.2. The van der Waals surface area contributed by atoms with Crippen molar-refractivity contribution in [2.75, 3.05) is 13.6 Å². The number of nitrogens with zero attached hydrogens (tertiary/aromatic N) is 3. The molecule has 0 atom stereocenters. The zero-order valence-corrected chi connectivity index (χ0v) is 8.90. The van der Waals surface area contributed by atoms with E-state index < -0.39 is 0 Å². The fourth-order valence-electron chi connectivity index (χ4n) is 1.28. The van der Waals surface area contributed by atoms with E-state index in [1.807, 2.05) is 13.0 Å². The minimum atomic E-state index is -0.0959. The molecule has 4 heteroatoms. The average molecular weight is 203 g/mol. The molecular weight excluding hydrogens is 190 g/mol. The number of hydrogen-bond acceptors (Lipinski definition) is 3. The maximum Gasteiger partial charge on any atom is 0.255 e. The number of carbonyl (C=O) groups is 1. The van der Waals surface area contributed by atoms with E-state index in [2.05, 4.69) is 4.98 Å². The quantitative estimate of drug-likeness (QED) is 0.746. The van der Waals surface area contributed by atoms with Crippen LogP contribution in [0.1, 0.15) is 29.3 Å². The van der Waals surface area contributed by atoms with Gasteiger partial charge in [-0.3, -0.25) is 9.78 Å². The van der Waals surface area contributed by atoms with Gasteiger partial charge in [0.05, 0.1) is 11.1 Å². The zero-order chi connectivity index (χ0) is 11.3. The molecule has 15 heavy (non-hydrogen) atoms. The number of nitriles is 1. The summed E-state index contributed by atoms with van der Waals surface area (Å²) < 4.78 is 0. The number of carbonyl (C=O) groups excluding carboxylic acids is 1. The van der Waals surface area contributed by atoms with E-state index in [1.165, 1.54) is 12.4 Å². The van der Waals surface area contributed by atoms with Crippen LogP contribution in [0.2, 0.25) is 0 Å². The van der Waals surface area contributed by atoms with E-state index in [0.717, 1.165) is 6.42 Å². The number of amides is 1. The second-order valence-corrected chi connectivity index (χ2v) is 3.30. The first-order valence-corrected chi connectivity index (χ1v) is 4.79. The molecule has 0 aliphatic heterocycles. The van der Waals surface area contributed by atoms with Crippen molar-refractivity contribution >= 4 is 5.91 Å². The van der Waals surface area contributed by atoms with Gasteiger partial charge in [0.15, 0.2) is 0 Å². The summed E-state index contributed by atoms with van der Waals surface area (Å²) in [6, 6.07) is 3.52. The molecule has 1 amide bonds. The molecule has 0 unspecified atom stereocenters. The molecule has 0 N–H and O–H groups in total. The Kier molecular flexibility index (Phi) is 3.81. The van der Waals surface area contributed by atoms with Gasteiger partial charge >= 0.3 is 0 Å². The summed E-state index contributed by atoms with van der Waals surface area (Å²) in [5.41, 5.74) is 0.871. The molecule has 0 fully saturated rings. The standard InChI is InChI=1S/C11H13N3O/c1-3-4-14(2)11(15)10-5-9(6-12)7-13-8-10/h5,7-8H,3-4H2,1-2H3. The molecule has 0 aliphatic carbocycles. The van der Waals surface area contributed by atoms with Crippen molar-refractivity contribution < 1.29 is 4.79 Å². The minimum Gasteiger partial charge on any atom is -0.342 e. The van der Waals surface area contributed by atoms with Crippen LogP contribution in [0.4, 0.5) is 0 Å². The maximum atomic E-state index is 11.8. The Morgan fingerprint density at radius 1 is 1.60 bits per heavy atom. The first-order chi connectivity index (χ1) is 7.19. The SMILES string of the molecule is CCCN(C)C(=O)c1cncc(C#N)c1. The first-order valence-electron chi connectivity index (χ1n) is 4.79. The summed E-state index contributed by atoms with van der Waals surface area (Å²) in [5, 5.41) is 8.67. The summed E-state index contributed by atoms with van der Waals surface area (Å²) in [4.78, 5) is 17.3. The minimum absolute atomic E-state index is 0.0959. The van der Waals surface area contributed by atoms with Gasteiger partial charge in [0.2, 0.25) is 0 Å². The van der Waals surface area contributed by atoms with Crippen LogP contribution in [0.25, 0.3) is 0 Å². The van der Waals surface area contributed by atoms with Gasteiger partial charge in [-0.1, -0.05) is 6.92 Å². The first kappa shape index (κ1) is 11.2. The molecule has 1 aromatic heterocycles. The zero-order valence-electron chi connectivity index (χ0n) is 8.90. The van der Waals surface area contributed by atoms with Gasteiger partial charge in [0, 0.05) is 26.0 Å². The predicted molar refractivity (Wildman–Crippen MR) is 56.2 cm³/mol. The fraction of sp³-hybridized carbons (Fsp3) is 0.364. The van der Waals surface area contributed by atoms with Gasteiger partial charge in [0.25, 0.3) is 5.91 Å². The topological polar surface area (TPSA) is 57.0 Å².